The summed E-state index contributed by atoms with van der Waals surface area (Å²) in [6, 6.07) is 13.2. The molecule has 0 aliphatic heterocycles. The molecule has 2 unspecified atom stereocenters. The van der Waals surface area contributed by atoms with Crippen molar-refractivity contribution in [2.75, 3.05) is 0 Å². The van der Waals surface area contributed by atoms with Crippen molar-refractivity contribution in [3.63, 3.8) is 0 Å². The molecule has 8 nitrogen and oxygen atoms in total. The van der Waals surface area contributed by atoms with E-state index in [0.717, 1.165) is 22.3 Å². The van der Waals surface area contributed by atoms with Crippen molar-refractivity contribution in [2.45, 2.75) is 51.6 Å². The number of hydrogen-bond acceptors (Lipinski definition) is 4. The molecule has 0 fully saturated rings. The van der Waals surface area contributed by atoms with Crippen LogP contribution in [0, 0.1) is 0 Å². The third-order valence-electron chi connectivity index (χ3n) is 4.92. The predicted octanol–water partition coefficient (Wildman–Crippen LogP) is 1.74. The third-order valence-corrected chi connectivity index (χ3v) is 4.92. The Labute approximate surface area is 186 Å². The second kappa shape index (κ2) is 11.6. The van der Waals surface area contributed by atoms with Crippen LogP contribution in [0.15, 0.2) is 48.5 Å². The molecule has 170 valence electrons. The minimum atomic E-state index is -1.08. The van der Waals surface area contributed by atoms with Crippen LogP contribution in [0.1, 0.15) is 36.1 Å². The van der Waals surface area contributed by atoms with Gasteiger partial charge in [0.25, 0.3) is 0 Å². The van der Waals surface area contributed by atoms with Crippen molar-refractivity contribution in [3.05, 3.63) is 70.8 Å². The molecule has 0 spiro atoms. The molecule has 0 aliphatic carbocycles. The highest BCUT2D eigenvalue weighted by atomic mass is 16.4. The van der Waals surface area contributed by atoms with Crippen molar-refractivity contribution >= 4 is 23.8 Å². The van der Waals surface area contributed by atoms with Crippen LogP contribution in [0.25, 0.3) is 0 Å². The number of carbonyl (C=O) groups excluding carboxylic acids is 2. The smallest absolute Gasteiger partial charge is 0.326 e. The average molecular weight is 440 g/mol. The molecule has 8 heteroatoms. The molecular weight excluding hydrogens is 412 g/mol. The number of aliphatic carboxylic acids is 2. The molecule has 32 heavy (non-hydrogen) atoms. The molecule has 0 aromatic heterocycles. The zero-order valence-corrected chi connectivity index (χ0v) is 18.1. The Bertz CT molecular complexity index is 908. The highest BCUT2D eigenvalue weighted by Crippen LogP contribution is 2.14. The number of hydrogen-bond donors (Lipinski definition) is 4. The average Bonchev–Trinajstić information content (AvgIpc) is 2.71. The van der Waals surface area contributed by atoms with E-state index in [4.69, 9.17) is 0 Å². The summed E-state index contributed by atoms with van der Waals surface area (Å²) in [5.74, 6) is -2.95. The van der Waals surface area contributed by atoms with Gasteiger partial charge in [-0.3, -0.25) is 9.59 Å². The lowest BCUT2D eigenvalue weighted by molar-refractivity contribution is -0.141. The maximum Gasteiger partial charge on any atom is 0.326 e. The van der Waals surface area contributed by atoms with Gasteiger partial charge < -0.3 is 20.8 Å². The van der Waals surface area contributed by atoms with Crippen molar-refractivity contribution in [1.82, 2.24) is 10.6 Å². The van der Waals surface area contributed by atoms with Gasteiger partial charge in [-0.1, -0.05) is 48.5 Å². The number of rotatable bonds is 11. The van der Waals surface area contributed by atoms with Gasteiger partial charge in [-0.25, -0.2) is 9.59 Å². The number of carboxylic acid groups (broad SMARTS) is 2. The molecule has 2 aromatic rings. The van der Waals surface area contributed by atoms with E-state index in [2.05, 4.69) is 10.6 Å². The third kappa shape index (κ3) is 8.22. The molecule has 2 atom stereocenters. The molecule has 0 radical (unpaired) electrons. The van der Waals surface area contributed by atoms with Crippen LogP contribution >= 0.6 is 0 Å². The van der Waals surface area contributed by atoms with Crippen molar-refractivity contribution in [3.8, 4) is 0 Å². The lowest BCUT2D eigenvalue weighted by Gasteiger charge is -2.14. The molecule has 2 rings (SSSR count). The van der Waals surface area contributed by atoms with E-state index in [1.54, 1.807) is 0 Å². The van der Waals surface area contributed by atoms with Crippen LogP contribution in [-0.4, -0.2) is 46.0 Å². The van der Waals surface area contributed by atoms with E-state index in [1.807, 2.05) is 48.5 Å². The standard InChI is InChI=1S/C24H28N2O6/c1-15(27)25-21(23(29)30)13-19-7-3-5-17(11-19)9-10-18-6-4-8-20(12-18)14-22(24(31)32)26-16(2)28/h3-8,11-12,21-22H,9-10,13-14H2,1-2H3,(H,25,27)(H,26,28)(H,29,30)(H,31,32). The summed E-state index contributed by atoms with van der Waals surface area (Å²) >= 11 is 0. The Morgan fingerprint density at radius 3 is 1.34 bits per heavy atom. The van der Waals surface area contributed by atoms with E-state index in [-0.39, 0.29) is 12.8 Å². The number of benzene rings is 2. The van der Waals surface area contributed by atoms with Crippen LogP contribution in [-0.2, 0) is 44.9 Å². The molecule has 0 aliphatic rings. The number of nitrogens with one attached hydrogen (secondary N) is 2. The molecule has 4 N–H and O–H groups in total. The van der Waals surface area contributed by atoms with Gasteiger partial charge in [-0.2, -0.15) is 0 Å². The van der Waals surface area contributed by atoms with Gasteiger partial charge in [0.15, 0.2) is 0 Å². The van der Waals surface area contributed by atoms with E-state index in [9.17, 15) is 29.4 Å². The van der Waals surface area contributed by atoms with Gasteiger partial charge >= 0.3 is 11.9 Å². The van der Waals surface area contributed by atoms with Crippen LogP contribution in [0.3, 0.4) is 0 Å². The molecule has 2 amide bonds. The Kier molecular flexibility index (Phi) is 8.95. The number of carboxylic acids is 2. The highest BCUT2D eigenvalue weighted by molar-refractivity contribution is 5.83. The van der Waals surface area contributed by atoms with Gasteiger partial charge in [0.2, 0.25) is 11.8 Å². The molecule has 2 aromatic carbocycles. The van der Waals surface area contributed by atoms with Crippen LogP contribution in [0.5, 0.6) is 0 Å². The lowest BCUT2D eigenvalue weighted by Crippen LogP contribution is -2.41. The van der Waals surface area contributed by atoms with E-state index < -0.39 is 35.8 Å². The van der Waals surface area contributed by atoms with Gasteiger partial charge in [-0.05, 0) is 35.1 Å². The van der Waals surface area contributed by atoms with Crippen LogP contribution < -0.4 is 10.6 Å². The van der Waals surface area contributed by atoms with E-state index >= 15 is 0 Å². The van der Waals surface area contributed by atoms with Gasteiger partial charge in [-0.15, -0.1) is 0 Å². The van der Waals surface area contributed by atoms with Crippen molar-refractivity contribution in [2.24, 2.45) is 0 Å². The first-order valence-corrected chi connectivity index (χ1v) is 10.3. The number of amides is 2. The maximum atomic E-state index is 11.4. The number of carbonyl (C=O) groups is 4. The fourth-order valence-electron chi connectivity index (χ4n) is 3.48. The summed E-state index contributed by atoms with van der Waals surface area (Å²) in [5.41, 5.74) is 3.69. The van der Waals surface area contributed by atoms with Crippen LogP contribution in [0.4, 0.5) is 0 Å². The van der Waals surface area contributed by atoms with Crippen molar-refractivity contribution in [1.29, 1.82) is 0 Å². The lowest BCUT2D eigenvalue weighted by atomic mass is 9.97. The zero-order valence-electron chi connectivity index (χ0n) is 18.1. The summed E-state index contributed by atoms with van der Waals surface area (Å²) in [6.45, 7) is 2.57. The molecule has 0 heterocycles. The van der Waals surface area contributed by atoms with Gasteiger partial charge in [0.1, 0.15) is 12.1 Å². The Balaban J connectivity index is 2.03. The highest BCUT2D eigenvalue weighted by Gasteiger charge is 2.20. The predicted molar refractivity (Wildman–Crippen MR) is 118 cm³/mol. The number of aryl methyl sites for hydroxylation is 2. The first-order chi connectivity index (χ1) is 15.1. The maximum absolute atomic E-state index is 11.4. The Hall–Kier alpha value is -3.68. The summed E-state index contributed by atoms with van der Waals surface area (Å²) in [4.78, 5) is 45.2. The van der Waals surface area contributed by atoms with Crippen molar-refractivity contribution < 1.29 is 29.4 Å². The second-order valence-corrected chi connectivity index (χ2v) is 7.73. The molecule has 0 saturated carbocycles. The Morgan fingerprint density at radius 1 is 0.688 bits per heavy atom. The first-order valence-electron chi connectivity index (χ1n) is 10.3. The molecule has 0 bridgehead atoms. The van der Waals surface area contributed by atoms with E-state index in [1.165, 1.54) is 13.8 Å². The minimum absolute atomic E-state index is 0.192. The largest absolute Gasteiger partial charge is 0.480 e. The summed E-state index contributed by atoms with van der Waals surface area (Å²) < 4.78 is 0. The fourth-order valence-corrected chi connectivity index (χ4v) is 3.48. The topological polar surface area (TPSA) is 133 Å². The fraction of sp³-hybridized carbons (Fsp3) is 0.333. The van der Waals surface area contributed by atoms with Gasteiger partial charge in [0.05, 0.1) is 0 Å². The summed E-state index contributed by atoms with van der Waals surface area (Å²) in [6.07, 6.45) is 1.81. The Morgan fingerprint density at radius 2 is 1.03 bits per heavy atom. The molecular formula is C24H28N2O6. The van der Waals surface area contributed by atoms with E-state index in [0.29, 0.717) is 12.8 Å². The zero-order chi connectivity index (χ0) is 23.7. The minimum Gasteiger partial charge on any atom is -0.480 e. The van der Waals surface area contributed by atoms with Gasteiger partial charge in [0, 0.05) is 26.7 Å². The summed E-state index contributed by atoms with van der Waals surface area (Å²) in [7, 11) is 0. The monoisotopic (exact) mass is 440 g/mol. The molecule has 0 saturated heterocycles. The second-order valence-electron chi connectivity index (χ2n) is 7.73. The normalized spacial score (nSPS) is 12.4. The SMILES string of the molecule is CC(=O)NC(Cc1cccc(CCc2cccc(CC(NC(C)=O)C(=O)O)c2)c1)C(=O)O. The summed E-state index contributed by atoms with van der Waals surface area (Å²) in [5, 5.41) is 23.5. The van der Waals surface area contributed by atoms with Crippen LogP contribution in [0.2, 0.25) is 0 Å². The quantitative estimate of drug-likeness (QED) is 0.421. The first kappa shape index (κ1) is 24.6.